The number of nitrogens with one attached hydrogen (secondary N) is 2. The van der Waals surface area contributed by atoms with E-state index < -0.39 is 28.3 Å². The second-order valence-corrected chi connectivity index (χ2v) is 5.62. The van der Waals surface area contributed by atoms with Gasteiger partial charge in [0.1, 0.15) is 11.3 Å². The molecule has 0 aliphatic carbocycles. The summed E-state index contributed by atoms with van der Waals surface area (Å²) in [5.41, 5.74) is 3.23. The van der Waals surface area contributed by atoms with Crippen molar-refractivity contribution in [2.24, 2.45) is 0 Å². The molecule has 27 heavy (non-hydrogen) atoms. The SMILES string of the molecule is Cc1c(C(=O)NNc2ccc(C(F)(F)F)cc2[N+](=O)[O-])oc2ccccc12. The molecule has 3 rings (SSSR count). The first-order chi connectivity index (χ1) is 12.7. The Morgan fingerprint density at radius 2 is 1.89 bits per heavy atom. The number of amides is 1. The van der Waals surface area contributed by atoms with Gasteiger partial charge in [-0.05, 0) is 25.1 Å². The number of hydrogen-bond donors (Lipinski definition) is 2. The minimum atomic E-state index is -4.72. The zero-order valence-electron chi connectivity index (χ0n) is 13.8. The van der Waals surface area contributed by atoms with Gasteiger partial charge in [-0.2, -0.15) is 13.2 Å². The Labute approximate surface area is 149 Å². The number of carbonyl (C=O) groups excluding carboxylic acids is 1. The summed E-state index contributed by atoms with van der Waals surface area (Å²) in [4.78, 5) is 22.4. The highest BCUT2D eigenvalue weighted by Gasteiger charge is 2.33. The topological polar surface area (TPSA) is 97.4 Å². The summed E-state index contributed by atoms with van der Waals surface area (Å²) in [5, 5.41) is 11.8. The van der Waals surface area contributed by atoms with Gasteiger partial charge in [0.25, 0.3) is 5.69 Å². The van der Waals surface area contributed by atoms with Gasteiger partial charge in [0, 0.05) is 17.0 Å². The van der Waals surface area contributed by atoms with Crippen LogP contribution in [0, 0.1) is 17.0 Å². The van der Waals surface area contributed by atoms with Gasteiger partial charge in [-0.15, -0.1) is 0 Å². The number of rotatable bonds is 4. The standard InChI is InChI=1S/C17H12F3N3O4/c1-9-11-4-2-3-5-14(11)27-15(9)16(24)22-21-12-7-6-10(17(18,19)20)8-13(12)23(25)26/h2-8,21H,1H3,(H,22,24). The molecular formula is C17H12F3N3O4. The number of benzene rings is 2. The molecule has 0 saturated carbocycles. The smallest absolute Gasteiger partial charge is 0.416 e. The van der Waals surface area contributed by atoms with Crippen LogP contribution in [-0.4, -0.2) is 10.8 Å². The molecule has 0 bridgehead atoms. The van der Waals surface area contributed by atoms with Gasteiger partial charge in [-0.1, -0.05) is 18.2 Å². The molecule has 0 spiro atoms. The van der Waals surface area contributed by atoms with Crippen LogP contribution >= 0.6 is 0 Å². The fraction of sp³-hybridized carbons (Fsp3) is 0.118. The van der Waals surface area contributed by atoms with Crippen molar-refractivity contribution in [2.45, 2.75) is 13.1 Å². The number of nitro groups is 1. The first-order valence-electron chi connectivity index (χ1n) is 7.58. The minimum absolute atomic E-state index is 0.0155. The van der Waals surface area contributed by atoms with Crippen molar-refractivity contribution in [3.05, 3.63) is 69.5 Å². The number of furan rings is 1. The Morgan fingerprint density at radius 1 is 1.19 bits per heavy atom. The van der Waals surface area contributed by atoms with E-state index in [0.717, 1.165) is 11.5 Å². The maximum absolute atomic E-state index is 12.7. The molecule has 0 fully saturated rings. The number of fused-ring (bicyclic) bond motifs is 1. The Balaban J connectivity index is 1.84. The number of hydrazine groups is 1. The maximum Gasteiger partial charge on any atom is 0.416 e. The first kappa shape index (κ1) is 18.2. The fourth-order valence-electron chi connectivity index (χ4n) is 2.54. The number of carbonyl (C=O) groups is 1. The Kier molecular flexibility index (Phi) is 4.48. The van der Waals surface area contributed by atoms with Crippen LogP contribution in [0.3, 0.4) is 0 Å². The van der Waals surface area contributed by atoms with E-state index in [4.69, 9.17) is 4.42 Å². The molecule has 0 unspecified atom stereocenters. The van der Waals surface area contributed by atoms with E-state index in [9.17, 15) is 28.1 Å². The largest absolute Gasteiger partial charge is 0.451 e. The molecule has 2 aromatic carbocycles. The van der Waals surface area contributed by atoms with Crippen LogP contribution in [0.1, 0.15) is 21.7 Å². The van der Waals surface area contributed by atoms with Gasteiger partial charge in [-0.3, -0.25) is 25.8 Å². The molecule has 1 amide bonds. The third-order valence-corrected chi connectivity index (χ3v) is 3.88. The number of alkyl halides is 3. The molecule has 0 radical (unpaired) electrons. The third-order valence-electron chi connectivity index (χ3n) is 3.88. The molecule has 2 N–H and O–H groups in total. The summed E-state index contributed by atoms with van der Waals surface area (Å²) in [6.45, 7) is 1.67. The molecule has 0 atom stereocenters. The molecule has 10 heteroatoms. The number of halogens is 3. The van der Waals surface area contributed by atoms with Crippen molar-refractivity contribution in [3.8, 4) is 0 Å². The summed E-state index contributed by atoms with van der Waals surface area (Å²) in [5.74, 6) is -0.740. The minimum Gasteiger partial charge on any atom is -0.451 e. The van der Waals surface area contributed by atoms with Crippen LogP contribution in [0.5, 0.6) is 0 Å². The summed E-state index contributed by atoms with van der Waals surface area (Å²) in [6.07, 6.45) is -4.72. The Bertz CT molecular complexity index is 1040. The summed E-state index contributed by atoms with van der Waals surface area (Å²) in [7, 11) is 0. The van der Waals surface area contributed by atoms with Gasteiger partial charge in [0.2, 0.25) is 0 Å². The number of nitro benzene ring substituents is 1. The van der Waals surface area contributed by atoms with Crippen molar-refractivity contribution in [1.29, 1.82) is 0 Å². The van der Waals surface area contributed by atoms with Gasteiger partial charge in [-0.25, -0.2) is 0 Å². The molecule has 0 aliphatic rings. The normalized spacial score (nSPS) is 11.4. The van der Waals surface area contributed by atoms with E-state index in [0.29, 0.717) is 23.3 Å². The highest BCUT2D eigenvalue weighted by atomic mass is 19.4. The van der Waals surface area contributed by atoms with Gasteiger partial charge in [0.15, 0.2) is 5.76 Å². The van der Waals surface area contributed by atoms with Crippen LogP contribution in [0.15, 0.2) is 46.9 Å². The van der Waals surface area contributed by atoms with E-state index in [1.807, 2.05) is 0 Å². The van der Waals surface area contributed by atoms with E-state index in [-0.39, 0.29) is 11.4 Å². The zero-order chi connectivity index (χ0) is 19.8. The van der Waals surface area contributed by atoms with Gasteiger partial charge >= 0.3 is 12.1 Å². The lowest BCUT2D eigenvalue weighted by Crippen LogP contribution is -2.30. The maximum atomic E-state index is 12.7. The van der Waals surface area contributed by atoms with Crippen LogP contribution in [0.4, 0.5) is 24.5 Å². The second-order valence-electron chi connectivity index (χ2n) is 5.62. The van der Waals surface area contributed by atoms with Gasteiger partial charge in [0.05, 0.1) is 10.5 Å². The van der Waals surface area contributed by atoms with E-state index in [1.165, 1.54) is 0 Å². The van der Waals surface area contributed by atoms with Crippen molar-refractivity contribution < 1.29 is 27.3 Å². The van der Waals surface area contributed by atoms with Crippen LogP contribution < -0.4 is 10.9 Å². The summed E-state index contributed by atoms with van der Waals surface area (Å²) in [6, 6.07) is 8.88. The van der Waals surface area contributed by atoms with Crippen molar-refractivity contribution >= 4 is 28.3 Å². The number of aryl methyl sites for hydroxylation is 1. The second kappa shape index (κ2) is 6.63. The predicted octanol–water partition coefficient (Wildman–Crippen LogP) is 4.43. The van der Waals surface area contributed by atoms with E-state index in [2.05, 4.69) is 10.9 Å². The average Bonchev–Trinajstić information content (AvgIpc) is 2.96. The number of hydrogen-bond acceptors (Lipinski definition) is 5. The lowest BCUT2D eigenvalue weighted by atomic mass is 10.1. The molecule has 140 valence electrons. The van der Waals surface area contributed by atoms with Crippen LogP contribution in [0.25, 0.3) is 11.0 Å². The molecule has 3 aromatic rings. The van der Waals surface area contributed by atoms with E-state index >= 15 is 0 Å². The monoisotopic (exact) mass is 379 g/mol. The molecule has 7 nitrogen and oxygen atoms in total. The molecule has 1 aromatic heterocycles. The quantitative estimate of drug-likeness (QED) is 0.516. The fourth-order valence-corrected chi connectivity index (χ4v) is 2.54. The Hall–Kier alpha value is -3.56. The Morgan fingerprint density at radius 3 is 2.52 bits per heavy atom. The van der Waals surface area contributed by atoms with Crippen molar-refractivity contribution in [2.75, 3.05) is 5.43 Å². The van der Waals surface area contributed by atoms with Crippen LogP contribution in [-0.2, 0) is 6.18 Å². The van der Waals surface area contributed by atoms with Gasteiger partial charge < -0.3 is 4.42 Å². The van der Waals surface area contributed by atoms with E-state index in [1.54, 1.807) is 31.2 Å². The number of nitrogens with zero attached hydrogens (tertiary/aromatic N) is 1. The highest BCUT2D eigenvalue weighted by molar-refractivity contribution is 5.99. The number of para-hydroxylation sites is 1. The third kappa shape index (κ3) is 3.54. The summed E-state index contributed by atoms with van der Waals surface area (Å²) >= 11 is 0. The lowest BCUT2D eigenvalue weighted by Gasteiger charge is -2.11. The lowest BCUT2D eigenvalue weighted by molar-refractivity contribution is -0.384. The molecular weight excluding hydrogens is 367 g/mol. The van der Waals surface area contributed by atoms with Crippen molar-refractivity contribution in [1.82, 2.24) is 5.43 Å². The van der Waals surface area contributed by atoms with Crippen LogP contribution in [0.2, 0.25) is 0 Å². The average molecular weight is 379 g/mol. The predicted molar refractivity (Wildman–Crippen MR) is 90.1 cm³/mol. The summed E-state index contributed by atoms with van der Waals surface area (Å²) < 4.78 is 43.6. The highest BCUT2D eigenvalue weighted by Crippen LogP contribution is 2.34. The molecule has 0 aliphatic heterocycles. The van der Waals surface area contributed by atoms with Crippen molar-refractivity contribution in [3.63, 3.8) is 0 Å². The zero-order valence-corrected chi connectivity index (χ0v) is 13.8. The first-order valence-corrected chi connectivity index (χ1v) is 7.58. The number of anilines is 1. The molecule has 0 saturated heterocycles. The molecule has 1 heterocycles.